The summed E-state index contributed by atoms with van der Waals surface area (Å²) in [6.07, 6.45) is 3.29. The Labute approximate surface area is 245 Å². The lowest BCUT2D eigenvalue weighted by Crippen LogP contribution is -2.38. The van der Waals surface area contributed by atoms with E-state index in [9.17, 15) is 28.7 Å². The van der Waals surface area contributed by atoms with Gasteiger partial charge in [-0.05, 0) is 38.2 Å². The van der Waals surface area contributed by atoms with Crippen molar-refractivity contribution in [2.24, 2.45) is 17.6 Å². The Kier molecular flexibility index (Phi) is 13.3. The molecule has 2 rings (SSSR count). The van der Waals surface area contributed by atoms with Gasteiger partial charge in [0.25, 0.3) is 5.91 Å². The minimum Gasteiger partial charge on any atom is -0.439 e. The lowest BCUT2D eigenvalue weighted by molar-refractivity contribution is -0.120. The van der Waals surface area contributed by atoms with Gasteiger partial charge in [0, 0.05) is 43.9 Å². The first-order chi connectivity index (χ1) is 19.8. The van der Waals surface area contributed by atoms with E-state index in [1.807, 2.05) is 6.92 Å². The van der Waals surface area contributed by atoms with Gasteiger partial charge < -0.3 is 35.7 Å². The third-order valence-corrected chi connectivity index (χ3v) is 7.19. The topological polar surface area (TPSA) is 166 Å². The second-order valence-electron chi connectivity index (χ2n) is 10.5. The largest absolute Gasteiger partial charge is 0.439 e. The van der Waals surface area contributed by atoms with Crippen LogP contribution in [0.1, 0.15) is 40.5 Å². The molecule has 1 aliphatic carbocycles. The van der Waals surface area contributed by atoms with Gasteiger partial charge >= 0.3 is 6.09 Å². The third-order valence-electron chi connectivity index (χ3n) is 7.19. The molecule has 2 aliphatic rings. The number of carbonyl (C=O) groups is 4. The molecule has 12 heteroatoms. The minimum absolute atomic E-state index is 0.0175. The maximum atomic E-state index is 13.5. The van der Waals surface area contributed by atoms with Gasteiger partial charge in [-0.15, -0.1) is 0 Å². The average Bonchev–Trinajstić information content (AvgIpc) is 2.94. The Morgan fingerprint density at radius 3 is 2.48 bits per heavy atom. The molecule has 0 saturated carbocycles. The molecule has 2 bridgehead atoms. The fourth-order valence-electron chi connectivity index (χ4n) is 4.95. The van der Waals surface area contributed by atoms with E-state index in [-0.39, 0.29) is 41.4 Å². The van der Waals surface area contributed by atoms with Crippen molar-refractivity contribution in [1.82, 2.24) is 10.6 Å². The van der Waals surface area contributed by atoms with Crippen LogP contribution in [0.5, 0.6) is 0 Å². The number of fused-ring (bicyclic) bond motifs is 2. The summed E-state index contributed by atoms with van der Waals surface area (Å²) in [6, 6.07) is 0. The summed E-state index contributed by atoms with van der Waals surface area (Å²) >= 11 is 0. The van der Waals surface area contributed by atoms with E-state index in [1.54, 1.807) is 26.0 Å². The molecule has 1 heterocycles. The van der Waals surface area contributed by atoms with Gasteiger partial charge in [-0.3, -0.25) is 14.4 Å². The summed E-state index contributed by atoms with van der Waals surface area (Å²) in [7, 11) is 2.87. The molecular formula is C30H42FN3O8. The second kappa shape index (κ2) is 16.1. The number of hydrogen-bond donors (Lipinski definition) is 4. The lowest BCUT2D eigenvalue weighted by atomic mass is 9.85. The molecule has 0 fully saturated rings. The van der Waals surface area contributed by atoms with Crippen molar-refractivity contribution in [3.8, 4) is 0 Å². The van der Waals surface area contributed by atoms with E-state index in [4.69, 9.17) is 19.9 Å². The van der Waals surface area contributed by atoms with Crippen LogP contribution in [0, 0.1) is 11.8 Å². The van der Waals surface area contributed by atoms with E-state index in [0.29, 0.717) is 12.0 Å². The summed E-state index contributed by atoms with van der Waals surface area (Å²) in [5, 5.41) is 16.4. The fraction of sp³-hybridized carbons (Fsp3) is 0.533. The van der Waals surface area contributed by atoms with Gasteiger partial charge in [0.2, 0.25) is 11.6 Å². The molecule has 0 radical (unpaired) electrons. The predicted octanol–water partition coefficient (Wildman–Crippen LogP) is 2.32. The fourth-order valence-corrected chi connectivity index (χ4v) is 4.95. The van der Waals surface area contributed by atoms with Crippen molar-refractivity contribution < 1.29 is 42.9 Å². The number of aliphatic hydroxyl groups is 1. The van der Waals surface area contributed by atoms with Crippen LogP contribution in [0.2, 0.25) is 0 Å². The summed E-state index contributed by atoms with van der Waals surface area (Å²) < 4.78 is 29.4. The van der Waals surface area contributed by atoms with Gasteiger partial charge in [-0.1, -0.05) is 38.2 Å². The number of Topliss-reactive ketones (excluding diaryl/α,β-unsaturated/α-hetero) is 1. The van der Waals surface area contributed by atoms with Crippen LogP contribution in [0.25, 0.3) is 0 Å². The normalized spacial score (nSPS) is 31.7. The van der Waals surface area contributed by atoms with Crippen LogP contribution >= 0.6 is 0 Å². The standard InChI is InChI=1S/C30H42FN3O8/c1-16-12-20-25(33-11-10-31)22(35)15-21(27(20)37)34-29(38)17(2)8-7-9-23(40-5)28(42-30(32)39)19(4)14-18(3)26(36)24(13-16)41-6/h7-9,14-16,18,23-24,26,28,33,36H,10-13H2,1-6H3,(H2,32,39)(H,34,38)/b9-7+,17-8-,19-14+/t16-,18+,23+,24+,26+,28+/m1/s1. The Hall–Kier alpha value is -3.61. The number of ketones is 2. The quantitative estimate of drug-likeness (QED) is 0.268. The number of alkyl halides is 1. The summed E-state index contributed by atoms with van der Waals surface area (Å²) in [4.78, 5) is 51.1. The number of hydrogen-bond acceptors (Lipinski definition) is 9. The first-order valence-corrected chi connectivity index (χ1v) is 13.7. The Bertz CT molecular complexity index is 1190. The molecule has 0 unspecified atom stereocenters. The second-order valence-corrected chi connectivity index (χ2v) is 10.5. The number of amides is 2. The molecular weight excluding hydrogens is 549 g/mol. The molecule has 0 saturated heterocycles. The summed E-state index contributed by atoms with van der Waals surface area (Å²) in [6.45, 7) is 5.92. The smallest absolute Gasteiger partial charge is 0.405 e. The highest BCUT2D eigenvalue weighted by Gasteiger charge is 2.33. The maximum absolute atomic E-state index is 13.5. The minimum atomic E-state index is -1.02. The Morgan fingerprint density at radius 1 is 1.19 bits per heavy atom. The zero-order valence-electron chi connectivity index (χ0n) is 24.9. The summed E-state index contributed by atoms with van der Waals surface area (Å²) in [5.41, 5.74) is 5.99. The van der Waals surface area contributed by atoms with Crippen LogP contribution in [-0.2, 0) is 28.6 Å². The molecule has 232 valence electrons. The maximum Gasteiger partial charge on any atom is 0.405 e. The molecule has 5 N–H and O–H groups in total. The molecule has 42 heavy (non-hydrogen) atoms. The van der Waals surface area contributed by atoms with Crippen LogP contribution < -0.4 is 16.4 Å². The number of halogens is 1. The molecule has 2 amide bonds. The number of rotatable bonds is 6. The zero-order valence-corrected chi connectivity index (χ0v) is 24.9. The number of aliphatic hydroxyl groups excluding tert-OH is 1. The predicted molar refractivity (Wildman–Crippen MR) is 154 cm³/mol. The highest BCUT2D eigenvalue weighted by atomic mass is 19.1. The highest BCUT2D eigenvalue weighted by molar-refractivity contribution is 6.23. The van der Waals surface area contributed by atoms with Crippen LogP contribution in [0.15, 0.2) is 58.5 Å². The number of allylic oxidation sites excluding steroid dienone is 4. The third kappa shape index (κ3) is 9.20. The average molecular weight is 592 g/mol. The number of carbonyl (C=O) groups excluding carboxylic acids is 4. The molecule has 11 nitrogen and oxygen atoms in total. The number of nitrogens with one attached hydrogen (secondary N) is 2. The lowest BCUT2D eigenvalue weighted by Gasteiger charge is -2.30. The molecule has 0 aromatic rings. The van der Waals surface area contributed by atoms with Crippen LogP contribution in [-0.4, -0.2) is 80.5 Å². The molecule has 0 aromatic heterocycles. The Morgan fingerprint density at radius 2 is 1.88 bits per heavy atom. The molecule has 0 spiro atoms. The van der Waals surface area contributed by atoms with E-state index in [1.165, 1.54) is 33.3 Å². The number of methoxy groups -OCH3 is 2. The van der Waals surface area contributed by atoms with Crippen molar-refractivity contribution in [2.75, 3.05) is 27.4 Å². The Balaban J connectivity index is 2.61. The van der Waals surface area contributed by atoms with E-state index in [2.05, 4.69) is 10.6 Å². The van der Waals surface area contributed by atoms with E-state index >= 15 is 0 Å². The monoisotopic (exact) mass is 591 g/mol. The highest BCUT2D eigenvalue weighted by Crippen LogP contribution is 2.28. The zero-order chi connectivity index (χ0) is 31.6. The van der Waals surface area contributed by atoms with Crippen molar-refractivity contribution in [3.05, 3.63) is 58.5 Å². The number of ether oxygens (including phenoxy) is 3. The first-order valence-electron chi connectivity index (χ1n) is 13.7. The molecule has 6 atom stereocenters. The van der Waals surface area contributed by atoms with Crippen molar-refractivity contribution in [1.29, 1.82) is 0 Å². The first kappa shape index (κ1) is 34.6. The van der Waals surface area contributed by atoms with Gasteiger partial charge in [0.1, 0.15) is 12.8 Å². The van der Waals surface area contributed by atoms with Crippen molar-refractivity contribution >= 4 is 23.6 Å². The van der Waals surface area contributed by atoms with E-state index in [0.717, 1.165) is 6.08 Å². The van der Waals surface area contributed by atoms with E-state index < -0.39 is 60.6 Å². The van der Waals surface area contributed by atoms with Gasteiger partial charge in [0.15, 0.2) is 6.10 Å². The van der Waals surface area contributed by atoms with Crippen LogP contribution in [0.3, 0.4) is 0 Å². The molecule has 1 aliphatic heterocycles. The SMILES string of the molecule is CO[C@H]1/C=C/C=C(/C)C(=O)NC2=CC(=O)C(NCCF)=C(C[C@@H](C)C[C@H](OC)[C@@H](O)[C@@H](C)/C=C(\C)[C@@H]1OC(N)=O)C2=O. The van der Waals surface area contributed by atoms with Gasteiger partial charge in [-0.2, -0.15) is 0 Å². The van der Waals surface area contributed by atoms with Crippen LogP contribution in [0.4, 0.5) is 9.18 Å². The van der Waals surface area contributed by atoms with Gasteiger partial charge in [0.05, 0.1) is 23.6 Å². The van der Waals surface area contributed by atoms with Crippen molar-refractivity contribution in [2.45, 2.75) is 65.0 Å². The molecule has 0 aromatic carbocycles. The summed E-state index contributed by atoms with van der Waals surface area (Å²) in [5.74, 6) is -2.49. The number of nitrogens with two attached hydrogens (primary N) is 1. The van der Waals surface area contributed by atoms with Crippen molar-refractivity contribution in [3.63, 3.8) is 0 Å². The van der Waals surface area contributed by atoms with Gasteiger partial charge in [-0.25, -0.2) is 9.18 Å². The number of primary amides is 1.